The molecule has 120 valence electrons. The summed E-state index contributed by atoms with van der Waals surface area (Å²) < 4.78 is 5.52. The molecule has 3 aromatic rings. The van der Waals surface area contributed by atoms with Gasteiger partial charge >= 0.3 is 0 Å². The number of fused-ring (bicyclic) bond motifs is 1. The van der Waals surface area contributed by atoms with Gasteiger partial charge in [0.05, 0.1) is 12.3 Å². The molecular weight excluding hydrogens is 320 g/mol. The SMILES string of the molecule is CCOc1cccc(C2=CCc3ccc(-c4nnc(N)s4)cc32)n1. The molecule has 6 heteroatoms. The lowest BCUT2D eigenvalue weighted by Gasteiger charge is -2.09. The molecule has 0 saturated carbocycles. The Morgan fingerprint density at radius 2 is 2.12 bits per heavy atom. The Bertz CT molecular complexity index is 932. The normalized spacial score (nSPS) is 12.8. The molecule has 0 unspecified atom stereocenters. The maximum absolute atomic E-state index is 5.70. The van der Waals surface area contributed by atoms with Crippen molar-refractivity contribution in [3.63, 3.8) is 0 Å². The molecule has 0 saturated heterocycles. The quantitative estimate of drug-likeness (QED) is 0.788. The molecule has 2 aromatic heterocycles. The highest BCUT2D eigenvalue weighted by molar-refractivity contribution is 7.18. The van der Waals surface area contributed by atoms with Gasteiger partial charge in [0.1, 0.15) is 5.01 Å². The number of nitrogen functional groups attached to an aromatic ring is 1. The maximum atomic E-state index is 5.70. The number of nitrogens with two attached hydrogens (primary N) is 1. The number of ether oxygens (including phenoxy) is 1. The van der Waals surface area contributed by atoms with Crippen LogP contribution in [0.15, 0.2) is 42.5 Å². The summed E-state index contributed by atoms with van der Waals surface area (Å²) in [5, 5.41) is 9.34. The zero-order chi connectivity index (χ0) is 16.5. The van der Waals surface area contributed by atoms with Crippen LogP contribution in [0.25, 0.3) is 16.1 Å². The highest BCUT2D eigenvalue weighted by Gasteiger charge is 2.18. The van der Waals surface area contributed by atoms with Gasteiger partial charge in [0.25, 0.3) is 0 Å². The van der Waals surface area contributed by atoms with Crippen LogP contribution in [-0.4, -0.2) is 21.8 Å². The molecule has 5 nitrogen and oxygen atoms in total. The molecule has 0 atom stereocenters. The Morgan fingerprint density at radius 1 is 1.21 bits per heavy atom. The fourth-order valence-electron chi connectivity index (χ4n) is 2.85. The van der Waals surface area contributed by atoms with E-state index in [1.54, 1.807) is 0 Å². The Kier molecular flexibility index (Phi) is 3.74. The van der Waals surface area contributed by atoms with Crippen LogP contribution < -0.4 is 10.5 Å². The molecule has 0 spiro atoms. The van der Waals surface area contributed by atoms with Crippen molar-refractivity contribution >= 4 is 22.0 Å². The predicted molar refractivity (Wildman–Crippen MR) is 95.9 cm³/mol. The van der Waals surface area contributed by atoms with E-state index < -0.39 is 0 Å². The standard InChI is InChI=1S/C18H16N4OS/c1-2-23-16-5-3-4-15(20-16)13-9-8-11-6-7-12(10-14(11)13)17-21-22-18(19)24-17/h3-7,9-10H,2,8H2,1H3,(H2,19,22). The molecular formula is C18H16N4OS. The minimum Gasteiger partial charge on any atom is -0.478 e. The monoisotopic (exact) mass is 336 g/mol. The first-order valence-corrected chi connectivity index (χ1v) is 8.59. The summed E-state index contributed by atoms with van der Waals surface area (Å²) >= 11 is 1.39. The van der Waals surface area contributed by atoms with E-state index in [2.05, 4.69) is 39.5 Å². The smallest absolute Gasteiger partial charge is 0.213 e. The van der Waals surface area contributed by atoms with Crippen LogP contribution in [0.1, 0.15) is 23.7 Å². The molecule has 0 fully saturated rings. The summed E-state index contributed by atoms with van der Waals surface area (Å²) in [5.74, 6) is 0.650. The number of hydrogen-bond acceptors (Lipinski definition) is 6. The van der Waals surface area contributed by atoms with Gasteiger partial charge in [-0.15, -0.1) is 10.2 Å². The number of aromatic nitrogens is 3. The third-order valence-corrected chi connectivity index (χ3v) is 4.71. The van der Waals surface area contributed by atoms with E-state index in [0.717, 1.165) is 28.3 Å². The molecule has 4 rings (SSSR count). The van der Waals surface area contributed by atoms with E-state index >= 15 is 0 Å². The molecule has 0 amide bonds. The summed E-state index contributed by atoms with van der Waals surface area (Å²) in [5.41, 5.74) is 11.3. The van der Waals surface area contributed by atoms with Crippen molar-refractivity contribution in [2.75, 3.05) is 12.3 Å². The van der Waals surface area contributed by atoms with Gasteiger partial charge in [-0.1, -0.05) is 35.6 Å². The molecule has 2 N–H and O–H groups in total. The highest BCUT2D eigenvalue weighted by atomic mass is 32.1. The van der Waals surface area contributed by atoms with Crippen LogP contribution in [0.5, 0.6) is 5.88 Å². The molecule has 0 aliphatic heterocycles. The summed E-state index contributed by atoms with van der Waals surface area (Å²) in [7, 11) is 0. The molecule has 0 bridgehead atoms. The van der Waals surface area contributed by atoms with Gasteiger partial charge in [0.15, 0.2) is 0 Å². The Morgan fingerprint density at radius 3 is 2.92 bits per heavy atom. The van der Waals surface area contributed by atoms with E-state index in [1.165, 1.54) is 22.5 Å². The first-order chi connectivity index (χ1) is 11.7. The van der Waals surface area contributed by atoms with Crippen LogP contribution in [-0.2, 0) is 6.42 Å². The number of benzene rings is 1. The summed E-state index contributed by atoms with van der Waals surface area (Å²) in [4.78, 5) is 4.61. The van der Waals surface area contributed by atoms with Crippen LogP contribution in [0.4, 0.5) is 5.13 Å². The molecule has 24 heavy (non-hydrogen) atoms. The maximum Gasteiger partial charge on any atom is 0.213 e. The van der Waals surface area contributed by atoms with E-state index in [1.807, 2.05) is 25.1 Å². The first kappa shape index (κ1) is 14.8. The fraction of sp³-hybridized carbons (Fsp3) is 0.167. The minimum absolute atomic E-state index is 0.479. The van der Waals surface area contributed by atoms with Crippen molar-refractivity contribution in [3.8, 4) is 16.5 Å². The van der Waals surface area contributed by atoms with Crippen molar-refractivity contribution in [3.05, 3.63) is 59.3 Å². The lowest BCUT2D eigenvalue weighted by Crippen LogP contribution is -1.97. The number of allylic oxidation sites excluding steroid dienone is 1. The number of rotatable bonds is 4. The third kappa shape index (κ3) is 2.65. The Balaban J connectivity index is 1.74. The molecule has 1 aliphatic rings. The number of pyridine rings is 1. The van der Waals surface area contributed by atoms with Gasteiger partial charge < -0.3 is 10.5 Å². The summed E-state index contributed by atoms with van der Waals surface area (Å²) in [6, 6.07) is 12.2. The van der Waals surface area contributed by atoms with Crippen LogP contribution in [0.3, 0.4) is 0 Å². The Labute approximate surface area is 143 Å². The molecule has 0 radical (unpaired) electrons. The van der Waals surface area contributed by atoms with Gasteiger partial charge in [-0.05, 0) is 36.6 Å². The Hall–Kier alpha value is -2.73. The van der Waals surface area contributed by atoms with E-state index in [9.17, 15) is 0 Å². The van der Waals surface area contributed by atoms with Crippen LogP contribution >= 0.6 is 11.3 Å². The number of nitrogens with zero attached hydrogens (tertiary/aromatic N) is 3. The third-order valence-electron chi connectivity index (χ3n) is 3.91. The summed E-state index contributed by atoms with van der Waals surface area (Å²) in [6.45, 7) is 2.56. The average Bonchev–Trinajstić information content (AvgIpc) is 3.21. The molecule has 2 heterocycles. The first-order valence-electron chi connectivity index (χ1n) is 7.77. The molecule has 1 aromatic carbocycles. The number of anilines is 1. The lowest BCUT2D eigenvalue weighted by atomic mass is 10.0. The summed E-state index contributed by atoms with van der Waals surface area (Å²) in [6.07, 6.45) is 3.12. The average molecular weight is 336 g/mol. The minimum atomic E-state index is 0.479. The topological polar surface area (TPSA) is 73.9 Å². The van der Waals surface area contributed by atoms with Crippen LogP contribution in [0.2, 0.25) is 0 Å². The van der Waals surface area contributed by atoms with Gasteiger partial charge in [-0.2, -0.15) is 0 Å². The van der Waals surface area contributed by atoms with Crippen molar-refractivity contribution in [1.82, 2.24) is 15.2 Å². The fourth-order valence-corrected chi connectivity index (χ4v) is 3.45. The largest absolute Gasteiger partial charge is 0.478 e. The number of hydrogen-bond donors (Lipinski definition) is 1. The predicted octanol–water partition coefficient (Wildman–Crippen LogP) is 3.57. The van der Waals surface area contributed by atoms with Gasteiger partial charge in [-0.25, -0.2) is 4.98 Å². The van der Waals surface area contributed by atoms with Crippen molar-refractivity contribution in [2.24, 2.45) is 0 Å². The van der Waals surface area contributed by atoms with Crippen LogP contribution in [0, 0.1) is 0 Å². The van der Waals surface area contributed by atoms with E-state index in [0.29, 0.717) is 17.6 Å². The van der Waals surface area contributed by atoms with Gasteiger partial charge in [0, 0.05) is 17.2 Å². The highest BCUT2D eigenvalue weighted by Crippen LogP contribution is 2.36. The second-order valence-electron chi connectivity index (χ2n) is 5.43. The molecule has 1 aliphatic carbocycles. The van der Waals surface area contributed by atoms with E-state index in [4.69, 9.17) is 10.5 Å². The second-order valence-corrected chi connectivity index (χ2v) is 6.44. The zero-order valence-corrected chi connectivity index (χ0v) is 14.0. The van der Waals surface area contributed by atoms with Crippen molar-refractivity contribution in [2.45, 2.75) is 13.3 Å². The lowest BCUT2D eigenvalue weighted by molar-refractivity contribution is 0.326. The van der Waals surface area contributed by atoms with Crippen molar-refractivity contribution < 1.29 is 4.74 Å². The van der Waals surface area contributed by atoms with Crippen molar-refractivity contribution in [1.29, 1.82) is 0 Å². The van der Waals surface area contributed by atoms with Gasteiger partial charge in [-0.3, -0.25) is 0 Å². The van der Waals surface area contributed by atoms with Gasteiger partial charge in [0.2, 0.25) is 11.0 Å². The van der Waals surface area contributed by atoms with E-state index in [-0.39, 0.29) is 0 Å². The zero-order valence-electron chi connectivity index (χ0n) is 13.2. The second kappa shape index (κ2) is 6.05.